The average molecular weight is 368 g/mol. The molecule has 1 saturated heterocycles. The van der Waals surface area contributed by atoms with Crippen molar-refractivity contribution in [2.45, 2.75) is 19.4 Å². The van der Waals surface area contributed by atoms with E-state index in [9.17, 15) is 14.7 Å². The van der Waals surface area contributed by atoms with Crippen molar-refractivity contribution in [3.05, 3.63) is 65.2 Å². The molecular formula is C21H24N2O4. The molecule has 142 valence electrons. The highest BCUT2D eigenvalue weighted by molar-refractivity contribution is 5.95. The van der Waals surface area contributed by atoms with Gasteiger partial charge in [-0.05, 0) is 42.3 Å². The average Bonchev–Trinajstić information content (AvgIpc) is 2.68. The number of carboxylic acid groups (broad SMARTS) is 1. The number of morpholine rings is 1. The number of carbonyl (C=O) groups excluding carboxylic acids is 1. The lowest BCUT2D eigenvalue weighted by Crippen LogP contribution is -2.36. The van der Waals surface area contributed by atoms with E-state index >= 15 is 0 Å². The molecule has 0 saturated carbocycles. The second-order valence-electron chi connectivity index (χ2n) is 6.63. The first kappa shape index (κ1) is 18.9. The zero-order chi connectivity index (χ0) is 19.2. The number of carbonyl (C=O) groups is 2. The molecule has 0 spiro atoms. The van der Waals surface area contributed by atoms with E-state index in [1.165, 1.54) is 0 Å². The first-order chi connectivity index (χ1) is 13.0. The van der Waals surface area contributed by atoms with Crippen LogP contribution >= 0.6 is 0 Å². The maximum atomic E-state index is 12.7. The molecule has 0 aromatic heterocycles. The van der Waals surface area contributed by atoms with Gasteiger partial charge in [-0.2, -0.15) is 0 Å². The minimum Gasteiger partial charge on any atom is -0.481 e. The summed E-state index contributed by atoms with van der Waals surface area (Å²) in [6.45, 7) is 4.98. The van der Waals surface area contributed by atoms with Crippen LogP contribution in [0.1, 0.15) is 33.9 Å². The number of hydrogen-bond donors (Lipinski definition) is 2. The van der Waals surface area contributed by atoms with Gasteiger partial charge in [0.05, 0.1) is 25.7 Å². The fourth-order valence-electron chi connectivity index (χ4n) is 3.28. The minimum absolute atomic E-state index is 0.164. The molecule has 1 aliphatic rings. The quantitative estimate of drug-likeness (QED) is 0.820. The van der Waals surface area contributed by atoms with E-state index in [0.29, 0.717) is 18.8 Å². The number of nitrogens with one attached hydrogen (secondary N) is 1. The third-order valence-electron chi connectivity index (χ3n) is 4.75. The Morgan fingerprint density at radius 3 is 2.41 bits per heavy atom. The Balaban J connectivity index is 1.73. The molecule has 6 heteroatoms. The van der Waals surface area contributed by atoms with Crippen molar-refractivity contribution in [2.24, 2.45) is 0 Å². The third kappa shape index (κ3) is 4.86. The number of amides is 1. The van der Waals surface area contributed by atoms with Gasteiger partial charge in [-0.1, -0.05) is 24.3 Å². The highest BCUT2D eigenvalue weighted by Gasteiger charge is 2.20. The SMILES string of the molecule is Cc1ccccc1C(CC(=O)O)NC(=O)c1ccc(N2CCOCC2)cc1. The Hall–Kier alpha value is -2.86. The predicted octanol–water partition coefficient (Wildman–Crippen LogP) is 2.78. The summed E-state index contributed by atoms with van der Waals surface area (Å²) >= 11 is 0. The molecule has 3 rings (SSSR count). The van der Waals surface area contributed by atoms with Crippen molar-refractivity contribution in [3.63, 3.8) is 0 Å². The number of anilines is 1. The molecule has 1 aliphatic heterocycles. The summed E-state index contributed by atoms with van der Waals surface area (Å²) in [4.78, 5) is 26.2. The van der Waals surface area contributed by atoms with Crippen molar-refractivity contribution in [1.29, 1.82) is 0 Å². The number of benzene rings is 2. The second kappa shape index (κ2) is 8.68. The number of nitrogens with zero attached hydrogens (tertiary/aromatic N) is 1. The summed E-state index contributed by atoms with van der Waals surface area (Å²) < 4.78 is 5.36. The fraction of sp³-hybridized carbons (Fsp3) is 0.333. The maximum absolute atomic E-state index is 12.7. The molecule has 1 heterocycles. The van der Waals surface area contributed by atoms with Gasteiger partial charge in [0, 0.05) is 24.3 Å². The predicted molar refractivity (Wildman–Crippen MR) is 103 cm³/mol. The van der Waals surface area contributed by atoms with Gasteiger partial charge in [-0.3, -0.25) is 9.59 Å². The number of aliphatic carboxylic acids is 1. The number of ether oxygens (including phenoxy) is 1. The Morgan fingerprint density at radius 1 is 1.11 bits per heavy atom. The van der Waals surface area contributed by atoms with Crippen LogP contribution < -0.4 is 10.2 Å². The standard InChI is InChI=1S/C21H24N2O4/c1-15-4-2-3-5-18(15)19(14-20(24)25)22-21(26)16-6-8-17(9-7-16)23-10-12-27-13-11-23/h2-9,19H,10-14H2,1H3,(H,22,26)(H,24,25). The first-order valence-corrected chi connectivity index (χ1v) is 9.05. The van der Waals surface area contributed by atoms with Crippen LogP contribution in [0.3, 0.4) is 0 Å². The van der Waals surface area contributed by atoms with Crippen LogP contribution in [0.2, 0.25) is 0 Å². The number of hydrogen-bond acceptors (Lipinski definition) is 4. The van der Waals surface area contributed by atoms with E-state index in [1.54, 1.807) is 12.1 Å². The zero-order valence-corrected chi connectivity index (χ0v) is 15.4. The molecule has 27 heavy (non-hydrogen) atoms. The third-order valence-corrected chi connectivity index (χ3v) is 4.75. The second-order valence-corrected chi connectivity index (χ2v) is 6.63. The van der Waals surface area contributed by atoms with E-state index in [0.717, 1.165) is 29.9 Å². The maximum Gasteiger partial charge on any atom is 0.305 e. The lowest BCUT2D eigenvalue weighted by molar-refractivity contribution is -0.137. The van der Waals surface area contributed by atoms with Crippen LogP contribution in [-0.2, 0) is 9.53 Å². The molecule has 1 unspecified atom stereocenters. The molecule has 6 nitrogen and oxygen atoms in total. The Kier molecular flexibility index (Phi) is 6.08. The van der Waals surface area contributed by atoms with Gasteiger partial charge >= 0.3 is 5.97 Å². The minimum atomic E-state index is -0.953. The van der Waals surface area contributed by atoms with Crippen LogP contribution in [-0.4, -0.2) is 43.3 Å². The highest BCUT2D eigenvalue weighted by Crippen LogP contribution is 2.22. The van der Waals surface area contributed by atoms with E-state index in [1.807, 2.05) is 43.3 Å². The van der Waals surface area contributed by atoms with E-state index in [4.69, 9.17) is 4.74 Å². The summed E-state index contributed by atoms with van der Waals surface area (Å²) in [7, 11) is 0. The van der Waals surface area contributed by atoms with Crippen LogP contribution in [0, 0.1) is 6.92 Å². The van der Waals surface area contributed by atoms with Crippen molar-refractivity contribution in [3.8, 4) is 0 Å². The topological polar surface area (TPSA) is 78.9 Å². The molecule has 2 N–H and O–H groups in total. The van der Waals surface area contributed by atoms with Gasteiger partial charge in [0.15, 0.2) is 0 Å². The summed E-state index contributed by atoms with van der Waals surface area (Å²) in [6, 6.07) is 14.3. The Bertz CT molecular complexity index is 798. The largest absolute Gasteiger partial charge is 0.481 e. The smallest absolute Gasteiger partial charge is 0.305 e. The van der Waals surface area contributed by atoms with Crippen molar-refractivity contribution in [2.75, 3.05) is 31.2 Å². The number of rotatable bonds is 6. The Morgan fingerprint density at radius 2 is 1.78 bits per heavy atom. The summed E-state index contributed by atoms with van der Waals surface area (Å²) in [6.07, 6.45) is -0.164. The first-order valence-electron chi connectivity index (χ1n) is 9.05. The zero-order valence-electron chi connectivity index (χ0n) is 15.4. The molecule has 2 aromatic rings. The fourth-order valence-corrected chi connectivity index (χ4v) is 3.28. The van der Waals surface area contributed by atoms with E-state index in [2.05, 4.69) is 10.2 Å². The van der Waals surface area contributed by atoms with Gasteiger partial charge in [-0.15, -0.1) is 0 Å². The Labute approximate surface area is 158 Å². The molecular weight excluding hydrogens is 344 g/mol. The normalized spacial score (nSPS) is 15.2. The lowest BCUT2D eigenvalue weighted by Gasteiger charge is -2.29. The van der Waals surface area contributed by atoms with Gasteiger partial charge in [0.2, 0.25) is 0 Å². The van der Waals surface area contributed by atoms with Crippen LogP contribution in [0.5, 0.6) is 0 Å². The van der Waals surface area contributed by atoms with Gasteiger partial charge in [0.25, 0.3) is 5.91 Å². The van der Waals surface area contributed by atoms with Crippen LogP contribution in [0.15, 0.2) is 48.5 Å². The molecule has 1 atom stereocenters. The van der Waals surface area contributed by atoms with Crippen LogP contribution in [0.4, 0.5) is 5.69 Å². The van der Waals surface area contributed by atoms with Crippen molar-refractivity contribution in [1.82, 2.24) is 5.32 Å². The summed E-state index contributed by atoms with van der Waals surface area (Å²) in [5.41, 5.74) is 3.33. The number of carboxylic acids is 1. The van der Waals surface area contributed by atoms with E-state index < -0.39 is 12.0 Å². The monoisotopic (exact) mass is 368 g/mol. The number of aryl methyl sites for hydroxylation is 1. The highest BCUT2D eigenvalue weighted by atomic mass is 16.5. The molecule has 0 bridgehead atoms. The molecule has 0 aliphatic carbocycles. The van der Waals surface area contributed by atoms with Crippen molar-refractivity contribution < 1.29 is 19.4 Å². The summed E-state index contributed by atoms with van der Waals surface area (Å²) in [5.74, 6) is -1.23. The molecule has 1 amide bonds. The van der Waals surface area contributed by atoms with Crippen molar-refractivity contribution >= 4 is 17.6 Å². The van der Waals surface area contributed by atoms with Gasteiger partial charge in [-0.25, -0.2) is 0 Å². The molecule has 0 radical (unpaired) electrons. The van der Waals surface area contributed by atoms with Crippen LogP contribution in [0.25, 0.3) is 0 Å². The molecule has 1 fully saturated rings. The lowest BCUT2D eigenvalue weighted by atomic mass is 9.98. The van der Waals surface area contributed by atoms with Gasteiger partial charge < -0.3 is 20.1 Å². The van der Waals surface area contributed by atoms with Gasteiger partial charge in [0.1, 0.15) is 0 Å². The molecule has 2 aromatic carbocycles. The summed E-state index contributed by atoms with van der Waals surface area (Å²) in [5, 5.41) is 12.1. The van der Waals surface area contributed by atoms with E-state index in [-0.39, 0.29) is 12.3 Å².